The van der Waals surface area contributed by atoms with E-state index in [0.29, 0.717) is 17.4 Å². The van der Waals surface area contributed by atoms with Gasteiger partial charge >= 0.3 is 0 Å². The Balaban J connectivity index is 1.95. The Morgan fingerprint density at radius 1 is 1.00 bits per heavy atom. The lowest BCUT2D eigenvalue weighted by molar-refractivity contribution is 0.329. The molecule has 0 radical (unpaired) electrons. The van der Waals surface area contributed by atoms with Gasteiger partial charge in [-0.05, 0) is 61.2 Å². The highest BCUT2D eigenvalue weighted by Crippen LogP contribution is 2.38. The molecule has 0 spiro atoms. The number of hydrogen-bond acceptors (Lipinski definition) is 2. The third-order valence-electron chi connectivity index (χ3n) is 5.38. The maximum atomic E-state index is 14.4. The Hall–Kier alpha value is -1.46. The minimum absolute atomic E-state index is 0.0733. The quantitative estimate of drug-likeness (QED) is 0.543. The molecule has 0 bridgehead atoms. The molecule has 2 aromatic rings. The van der Waals surface area contributed by atoms with Crippen LogP contribution in [-0.4, -0.2) is 8.42 Å². The van der Waals surface area contributed by atoms with Gasteiger partial charge in [0, 0.05) is 10.6 Å². The first-order valence-electron chi connectivity index (χ1n) is 9.32. The lowest BCUT2D eigenvalue weighted by atomic mass is 9.85. The van der Waals surface area contributed by atoms with Crippen molar-refractivity contribution >= 4 is 21.4 Å². The van der Waals surface area contributed by atoms with E-state index in [2.05, 4.69) is 0 Å². The van der Waals surface area contributed by atoms with Crippen molar-refractivity contribution in [2.24, 2.45) is 5.92 Å². The van der Waals surface area contributed by atoms with Gasteiger partial charge < -0.3 is 0 Å². The fourth-order valence-corrected chi connectivity index (χ4v) is 5.82. The van der Waals surface area contributed by atoms with Gasteiger partial charge in [-0.1, -0.05) is 43.7 Å². The van der Waals surface area contributed by atoms with Crippen LogP contribution in [0.1, 0.15) is 55.8 Å². The third kappa shape index (κ3) is 4.88. The highest BCUT2D eigenvalue weighted by atomic mass is 35.5. The highest BCUT2D eigenvalue weighted by molar-refractivity contribution is 7.91. The zero-order valence-electron chi connectivity index (χ0n) is 15.0. The standard InChI is InChI=1S/C21H23ClF2O2S/c22-16-7-10-18(11-8-16)27(25,26)21(13-6-15-4-2-1-3-5-15)19-14-17(23)9-12-20(19)24/h7-12,14-15,21H,1-6,13H2. The number of sulfone groups is 1. The molecule has 0 N–H and O–H groups in total. The Kier molecular flexibility index (Phi) is 6.53. The SMILES string of the molecule is O=S(=O)(c1ccc(Cl)cc1)C(CCC1CCCCC1)c1cc(F)ccc1F. The molecule has 3 rings (SSSR count). The zero-order chi connectivity index (χ0) is 19.4. The van der Waals surface area contributed by atoms with Gasteiger partial charge in [-0.25, -0.2) is 17.2 Å². The van der Waals surface area contributed by atoms with Crippen molar-refractivity contribution in [2.45, 2.75) is 55.1 Å². The van der Waals surface area contributed by atoms with Crippen LogP contribution in [0.25, 0.3) is 0 Å². The van der Waals surface area contributed by atoms with Gasteiger partial charge in [0.2, 0.25) is 0 Å². The van der Waals surface area contributed by atoms with Crippen LogP contribution in [-0.2, 0) is 9.84 Å². The Labute approximate surface area is 164 Å². The summed E-state index contributed by atoms with van der Waals surface area (Å²) in [4.78, 5) is 0.0733. The van der Waals surface area contributed by atoms with Gasteiger partial charge in [0.15, 0.2) is 9.84 Å². The maximum absolute atomic E-state index is 14.4. The second-order valence-electron chi connectivity index (χ2n) is 7.23. The fraction of sp³-hybridized carbons (Fsp3) is 0.429. The summed E-state index contributed by atoms with van der Waals surface area (Å²) >= 11 is 5.86. The molecule has 1 aliphatic rings. The van der Waals surface area contributed by atoms with Crippen molar-refractivity contribution in [1.82, 2.24) is 0 Å². The number of halogens is 3. The number of rotatable bonds is 6. The molecule has 27 heavy (non-hydrogen) atoms. The van der Waals surface area contributed by atoms with Gasteiger partial charge in [-0.3, -0.25) is 0 Å². The molecule has 1 saturated carbocycles. The Bertz CT molecular complexity index is 876. The van der Waals surface area contributed by atoms with E-state index in [1.165, 1.54) is 30.7 Å². The van der Waals surface area contributed by atoms with Crippen molar-refractivity contribution < 1.29 is 17.2 Å². The molecule has 0 saturated heterocycles. The summed E-state index contributed by atoms with van der Waals surface area (Å²) in [6.07, 6.45) is 6.60. The second kappa shape index (κ2) is 8.70. The first-order valence-corrected chi connectivity index (χ1v) is 11.2. The first kappa shape index (κ1) is 20.3. The van der Waals surface area contributed by atoms with Crippen LogP contribution >= 0.6 is 11.6 Å². The van der Waals surface area contributed by atoms with E-state index in [9.17, 15) is 17.2 Å². The normalized spacial score (nSPS) is 17.0. The number of hydrogen-bond donors (Lipinski definition) is 0. The van der Waals surface area contributed by atoms with Crippen LogP contribution in [0.2, 0.25) is 5.02 Å². The average molecular weight is 413 g/mol. The first-order chi connectivity index (χ1) is 12.9. The molecule has 1 fully saturated rings. The minimum atomic E-state index is -3.88. The molecular formula is C21H23ClF2O2S. The largest absolute Gasteiger partial charge is 0.223 e. The molecule has 146 valence electrons. The van der Waals surface area contributed by atoms with Crippen molar-refractivity contribution in [3.05, 3.63) is 64.7 Å². The molecule has 1 unspecified atom stereocenters. The molecule has 0 aromatic heterocycles. The highest BCUT2D eigenvalue weighted by Gasteiger charge is 2.32. The zero-order valence-corrected chi connectivity index (χ0v) is 16.6. The fourth-order valence-electron chi connectivity index (χ4n) is 3.89. The van der Waals surface area contributed by atoms with E-state index in [-0.39, 0.29) is 16.9 Å². The summed E-state index contributed by atoms with van der Waals surface area (Å²) in [5, 5.41) is -0.694. The van der Waals surface area contributed by atoms with Gasteiger partial charge in [0.25, 0.3) is 0 Å². The van der Waals surface area contributed by atoms with Crippen LogP contribution in [0.4, 0.5) is 8.78 Å². The maximum Gasteiger partial charge on any atom is 0.185 e. The van der Waals surface area contributed by atoms with Gasteiger partial charge in [-0.15, -0.1) is 0 Å². The molecule has 1 aliphatic carbocycles. The van der Waals surface area contributed by atoms with E-state index < -0.39 is 26.7 Å². The molecule has 6 heteroatoms. The van der Waals surface area contributed by atoms with E-state index in [1.54, 1.807) is 0 Å². The van der Waals surface area contributed by atoms with Crippen molar-refractivity contribution in [1.29, 1.82) is 0 Å². The minimum Gasteiger partial charge on any atom is -0.223 e. The molecule has 0 amide bonds. The van der Waals surface area contributed by atoms with E-state index in [1.807, 2.05) is 0 Å². The molecule has 0 aliphatic heterocycles. The van der Waals surface area contributed by atoms with Gasteiger partial charge in [0.05, 0.1) is 10.1 Å². The predicted octanol–water partition coefficient (Wildman–Crippen LogP) is 6.49. The second-order valence-corrected chi connectivity index (χ2v) is 9.80. The summed E-state index contributed by atoms with van der Waals surface area (Å²) in [6, 6.07) is 8.84. The van der Waals surface area contributed by atoms with Crippen LogP contribution in [0, 0.1) is 17.6 Å². The monoisotopic (exact) mass is 412 g/mol. The van der Waals surface area contributed by atoms with Crippen LogP contribution < -0.4 is 0 Å². The summed E-state index contributed by atoms with van der Waals surface area (Å²) in [5.41, 5.74) is -0.0965. The average Bonchev–Trinajstić information content (AvgIpc) is 2.65. The lowest BCUT2D eigenvalue weighted by Crippen LogP contribution is -2.18. The Morgan fingerprint density at radius 2 is 1.67 bits per heavy atom. The lowest BCUT2D eigenvalue weighted by Gasteiger charge is -2.25. The summed E-state index contributed by atoms with van der Waals surface area (Å²) < 4.78 is 54.7. The summed E-state index contributed by atoms with van der Waals surface area (Å²) in [6.45, 7) is 0. The van der Waals surface area contributed by atoms with Crippen LogP contribution in [0.15, 0.2) is 47.4 Å². The van der Waals surface area contributed by atoms with Gasteiger partial charge in [-0.2, -0.15) is 0 Å². The van der Waals surface area contributed by atoms with Crippen molar-refractivity contribution in [3.8, 4) is 0 Å². The van der Waals surface area contributed by atoms with E-state index in [0.717, 1.165) is 43.9 Å². The predicted molar refractivity (Wildman–Crippen MR) is 104 cm³/mol. The summed E-state index contributed by atoms with van der Waals surface area (Å²) in [5.74, 6) is -0.888. The molecule has 1 atom stereocenters. The van der Waals surface area contributed by atoms with E-state index in [4.69, 9.17) is 11.6 Å². The Morgan fingerprint density at radius 3 is 2.33 bits per heavy atom. The van der Waals surface area contributed by atoms with Crippen LogP contribution in [0.3, 0.4) is 0 Å². The van der Waals surface area contributed by atoms with Crippen molar-refractivity contribution in [3.63, 3.8) is 0 Å². The van der Waals surface area contributed by atoms with Gasteiger partial charge in [0.1, 0.15) is 11.6 Å². The summed E-state index contributed by atoms with van der Waals surface area (Å²) in [7, 11) is -3.88. The van der Waals surface area contributed by atoms with Crippen LogP contribution in [0.5, 0.6) is 0 Å². The van der Waals surface area contributed by atoms with E-state index >= 15 is 0 Å². The topological polar surface area (TPSA) is 34.1 Å². The smallest absolute Gasteiger partial charge is 0.185 e. The third-order valence-corrected chi connectivity index (χ3v) is 7.80. The van der Waals surface area contributed by atoms with Crippen molar-refractivity contribution in [2.75, 3.05) is 0 Å². The molecule has 0 heterocycles. The molecule has 2 nitrogen and oxygen atoms in total. The molecular weight excluding hydrogens is 390 g/mol. The number of benzene rings is 2. The molecule has 2 aromatic carbocycles.